The number of nitrogens with zero attached hydrogens (tertiary/aromatic N) is 4. The molecular weight excluding hydrogens is 448 g/mol. The number of hydrogen-bond donors (Lipinski definition) is 0. The van der Waals surface area contributed by atoms with E-state index in [2.05, 4.69) is 10.1 Å². The number of hydrogen-bond acceptors (Lipinski definition) is 6. The third-order valence-electron chi connectivity index (χ3n) is 6.21. The van der Waals surface area contributed by atoms with Crippen molar-refractivity contribution in [2.45, 2.75) is 22.1 Å². The van der Waals surface area contributed by atoms with Crippen LogP contribution in [0.3, 0.4) is 0 Å². The molecule has 0 bridgehead atoms. The molecule has 3 heterocycles. The topological polar surface area (TPSA) is 79.5 Å². The number of aromatic nitrogens is 2. The molecule has 0 spiro atoms. The van der Waals surface area contributed by atoms with Gasteiger partial charge in [0.2, 0.25) is 17.6 Å². The summed E-state index contributed by atoms with van der Waals surface area (Å²) in [5, 5.41) is 4.20. The second kappa shape index (κ2) is 8.14. The Bertz CT molecular complexity index is 1420. The number of para-hydroxylation sites is 1. The van der Waals surface area contributed by atoms with Gasteiger partial charge in [-0.05, 0) is 42.5 Å². The van der Waals surface area contributed by atoms with E-state index in [1.807, 2.05) is 72.8 Å². The van der Waals surface area contributed by atoms with Crippen molar-refractivity contribution in [2.75, 3.05) is 23.4 Å². The van der Waals surface area contributed by atoms with E-state index in [4.69, 9.17) is 4.52 Å². The van der Waals surface area contributed by atoms with Crippen LogP contribution >= 0.6 is 11.8 Å². The minimum absolute atomic E-state index is 0.0367. The summed E-state index contributed by atoms with van der Waals surface area (Å²) in [6, 6.07) is 23.0. The lowest BCUT2D eigenvalue weighted by Crippen LogP contribution is -2.25. The maximum Gasteiger partial charge on any atom is 0.259 e. The predicted molar refractivity (Wildman–Crippen MR) is 129 cm³/mol. The molecule has 34 heavy (non-hydrogen) atoms. The molecule has 0 radical (unpaired) electrons. The zero-order valence-electron chi connectivity index (χ0n) is 18.3. The molecule has 0 unspecified atom stereocenters. The van der Waals surface area contributed by atoms with E-state index >= 15 is 0 Å². The maximum absolute atomic E-state index is 12.9. The standard InChI is InChI=1S/C26H20N4O3S/c1-29-20-12-11-16(13-22(20)34-21-10-6-5-9-19(21)26(29)32)24-27-25(33-28-24)17-14-23(31)30(15-17)18-7-3-2-4-8-18/h2-13,17H,14-15H2,1H3/t17-/m0/s1. The lowest BCUT2D eigenvalue weighted by Gasteiger charge is -2.17. The van der Waals surface area contributed by atoms with E-state index in [9.17, 15) is 9.59 Å². The van der Waals surface area contributed by atoms with Gasteiger partial charge in [0.25, 0.3) is 5.91 Å². The van der Waals surface area contributed by atoms with E-state index in [1.165, 1.54) is 0 Å². The van der Waals surface area contributed by atoms with Gasteiger partial charge < -0.3 is 14.3 Å². The maximum atomic E-state index is 12.9. The first-order chi connectivity index (χ1) is 16.6. The smallest absolute Gasteiger partial charge is 0.259 e. The van der Waals surface area contributed by atoms with Crippen molar-refractivity contribution in [3.05, 3.63) is 84.3 Å². The van der Waals surface area contributed by atoms with Crippen LogP contribution < -0.4 is 9.80 Å². The number of benzene rings is 3. The van der Waals surface area contributed by atoms with Crippen LogP contribution in [0.4, 0.5) is 11.4 Å². The normalized spacial score (nSPS) is 17.5. The minimum Gasteiger partial charge on any atom is -0.339 e. The van der Waals surface area contributed by atoms with Crippen molar-refractivity contribution < 1.29 is 14.1 Å². The zero-order chi connectivity index (χ0) is 23.2. The summed E-state index contributed by atoms with van der Waals surface area (Å²) in [4.78, 5) is 35.4. The van der Waals surface area contributed by atoms with Crippen molar-refractivity contribution in [3.63, 3.8) is 0 Å². The summed E-state index contributed by atoms with van der Waals surface area (Å²) in [7, 11) is 1.78. The van der Waals surface area contributed by atoms with Gasteiger partial charge in [-0.15, -0.1) is 0 Å². The molecule has 168 valence electrons. The fourth-order valence-electron chi connectivity index (χ4n) is 4.40. The molecule has 4 aromatic rings. The molecule has 0 saturated carbocycles. The molecule has 1 saturated heterocycles. The third-order valence-corrected chi connectivity index (χ3v) is 7.33. The van der Waals surface area contributed by atoms with Crippen LogP contribution in [0.2, 0.25) is 0 Å². The summed E-state index contributed by atoms with van der Waals surface area (Å²) in [6.45, 7) is 0.508. The average molecular weight is 469 g/mol. The molecule has 6 rings (SSSR count). The Morgan fingerprint density at radius 2 is 1.76 bits per heavy atom. The fourth-order valence-corrected chi connectivity index (χ4v) is 5.55. The number of carbonyl (C=O) groups is 2. The highest BCUT2D eigenvalue weighted by atomic mass is 32.2. The number of fused-ring (bicyclic) bond motifs is 2. The molecule has 0 N–H and O–H groups in total. The molecule has 7 nitrogen and oxygen atoms in total. The third kappa shape index (κ3) is 3.47. The summed E-state index contributed by atoms with van der Waals surface area (Å²) in [6.07, 6.45) is 0.334. The van der Waals surface area contributed by atoms with Crippen LogP contribution in [-0.4, -0.2) is 35.5 Å². The van der Waals surface area contributed by atoms with Crippen molar-refractivity contribution in [2.24, 2.45) is 0 Å². The van der Waals surface area contributed by atoms with E-state index in [1.54, 1.807) is 28.6 Å². The molecule has 0 aliphatic carbocycles. The molecule has 1 fully saturated rings. The van der Waals surface area contributed by atoms with Crippen LogP contribution in [-0.2, 0) is 4.79 Å². The van der Waals surface area contributed by atoms with Gasteiger partial charge in [-0.3, -0.25) is 9.59 Å². The highest BCUT2D eigenvalue weighted by Crippen LogP contribution is 2.42. The average Bonchev–Trinajstić information content (AvgIpc) is 3.49. The van der Waals surface area contributed by atoms with Crippen molar-refractivity contribution in [1.29, 1.82) is 0 Å². The largest absolute Gasteiger partial charge is 0.339 e. The quantitative estimate of drug-likeness (QED) is 0.421. The predicted octanol–water partition coefficient (Wildman–Crippen LogP) is 5.00. The Hall–Kier alpha value is -3.91. The molecule has 2 amide bonds. The number of amides is 2. The van der Waals surface area contributed by atoms with Crippen molar-refractivity contribution >= 4 is 35.0 Å². The van der Waals surface area contributed by atoms with Gasteiger partial charge in [0.1, 0.15) is 0 Å². The van der Waals surface area contributed by atoms with Gasteiger partial charge in [0.05, 0.1) is 17.2 Å². The lowest BCUT2D eigenvalue weighted by molar-refractivity contribution is -0.117. The number of anilines is 2. The monoisotopic (exact) mass is 468 g/mol. The van der Waals surface area contributed by atoms with Gasteiger partial charge in [-0.2, -0.15) is 4.98 Å². The van der Waals surface area contributed by atoms with Crippen LogP contribution in [0.5, 0.6) is 0 Å². The molecule has 3 aromatic carbocycles. The summed E-state index contributed by atoms with van der Waals surface area (Å²) in [5.74, 6) is 0.784. The van der Waals surface area contributed by atoms with Crippen molar-refractivity contribution in [3.8, 4) is 11.4 Å². The van der Waals surface area contributed by atoms with Crippen LogP contribution in [0.1, 0.15) is 28.6 Å². The summed E-state index contributed by atoms with van der Waals surface area (Å²) >= 11 is 1.55. The van der Waals surface area contributed by atoms with E-state index in [0.29, 0.717) is 30.2 Å². The van der Waals surface area contributed by atoms with Gasteiger partial charge >= 0.3 is 0 Å². The molecular formula is C26H20N4O3S. The lowest BCUT2D eigenvalue weighted by atomic mass is 10.1. The Morgan fingerprint density at radius 1 is 0.971 bits per heavy atom. The Labute approximate surface area is 200 Å². The Kier molecular flexibility index (Phi) is 4.95. The van der Waals surface area contributed by atoms with Gasteiger partial charge in [-0.25, -0.2) is 0 Å². The molecule has 8 heteroatoms. The van der Waals surface area contributed by atoms with Gasteiger partial charge in [-0.1, -0.05) is 47.3 Å². The second-order valence-electron chi connectivity index (χ2n) is 8.34. The zero-order valence-corrected chi connectivity index (χ0v) is 19.2. The first-order valence-corrected chi connectivity index (χ1v) is 11.8. The summed E-state index contributed by atoms with van der Waals surface area (Å²) in [5.41, 5.74) is 3.18. The Morgan fingerprint density at radius 3 is 2.62 bits per heavy atom. The molecule has 1 atom stereocenters. The minimum atomic E-state index is -0.153. The fraction of sp³-hybridized carbons (Fsp3) is 0.154. The van der Waals surface area contributed by atoms with E-state index in [0.717, 1.165) is 26.7 Å². The van der Waals surface area contributed by atoms with Gasteiger partial charge in [0.15, 0.2) is 0 Å². The molecule has 2 aliphatic heterocycles. The van der Waals surface area contributed by atoms with Crippen LogP contribution in [0.15, 0.2) is 87.1 Å². The highest BCUT2D eigenvalue weighted by molar-refractivity contribution is 7.99. The van der Waals surface area contributed by atoms with Crippen molar-refractivity contribution in [1.82, 2.24) is 10.1 Å². The number of carbonyl (C=O) groups excluding carboxylic acids is 2. The number of rotatable bonds is 3. The molecule has 1 aromatic heterocycles. The SMILES string of the molecule is CN1C(=O)c2ccccc2Sc2cc(-c3noc([C@H]4CC(=O)N(c5ccccc5)C4)n3)ccc21. The van der Waals surface area contributed by atoms with Gasteiger partial charge in [0, 0.05) is 41.1 Å². The first kappa shape index (κ1) is 20.7. The summed E-state index contributed by atoms with van der Waals surface area (Å²) < 4.78 is 5.59. The van der Waals surface area contributed by atoms with E-state index < -0.39 is 0 Å². The van der Waals surface area contributed by atoms with Crippen LogP contribution in [0, 0.1) is 0 Å². The Balaban J connectivity index is 1.29. The molecule has 2 aliphatic rings. The van der Waals surface area contributed by atoms with Crippen LogP contribution in [0.25, 0.3) is 11.4 Å². The van der Waals surface area contributed by atoms with E-state index in [-0.39, 0.29) is 17.7 Å². The second-order valence-corrected chi connectivity index (χ2v) is 9.43. The first-order valence-electron chi connectivity index (χ1n) is 11.0. The highest BCUT2D eigenvalue weighted by Gasteiger charge is 2.35.